The molecule has 0 spiro atoms. The summed E-state index contributed by atoms with van der Waals surface area (Å²) in [5, 5.41) is 10.6. The summed E-state index contributed by atoms with van der Waals surface area (Å²) in [4.78, 5) is 33.0. The van der Waals surface area contributed by atoms with Gasteiger partial charge in [0.25, 0.3) is 5.69 Å². The van der Waals surface area contributed by atoms with Crippen LogP contribution in [0.2, 0.25) is 0 Å². The first kappa shape index (κ1) is 20.5. The summed E-state index contributed by atoms with van der Waals surface area (Å²) < 4.78 is 23.4. The molecule has 0 aliphatic rings. The number of carbonyl (C=O) groups excluding carboxylic acids is 2. The summed E-state index contributed by atoms with van der Waals surface area (Å²) in [5.41, 5.74) is -0.389. The van der Waals surface area contributed by atoms with E-state index in [1.165, 1.54) is 0 Å². The molecule has 25 heavy (non-hydrogen) atoms. The minimum atomic E-state index is -0.704. The van der Waals surface area contributed by atoms with Gasteiger partial charge in [-0.1, -0.05) is 26.2 Å². The minimum Gasteiger partial charge on any atom is -0.466 e. The van der Waals surface area contributed by atoms with E-state index in [2.05, 4.69) is 6.92 Å². The van der Waals surface area contributed by atoms with Crippen LogP contribution in [-0.2, 0) is 25.7 Å². The van der Waals surface area contributed by atoms with Crippen LogP contribution in [0.5, 0.6) is 0 Å². The van der Waals surface area contributed by atoms with Gasteiger partial charge in [-0.3, -0.25) is 19.7 Å². The van der Waals surface area contributed by atoms with Crippen LogP contribution >= 0.6 is 0 Å². The predicted molar refractivity (Wildman–Crippen MR) is 87.2 cm³/mol. The van der Waals surface area contributed by atoms with Crippen LogP contribution in [0.4, 0.5) is 10.1 Å². The van der Waals surface area contributed by atoms with Gasteiger partial charge in [-0.2, -0.15) is 0 Å². The van der Waals surface area contributed by atoms with Crippen LogP contribution in [0, 0.1) is 15.9 Å². The van der Waals surface area contributed by atoms with Crippen LogP contribution in [0.1, 0.15) is 51.0 Å². The smallest absolute Gasteiger partial charge is 0.306 e. The number of hydrogen-bond acceptors (Lipinski definition) is 6. The van der Waals surface area contributed by atoms with Crippen molar-refractivity contribution in [3.05, 3.63) is 39.7 Å². The predicted octanol–water partition coefficient (Wildman–Crippen LogP) is 3.68. The van der Waals surface area contributed by atoms with Gasteiger partial charge >= 0.3 is 11.9 Å². The Morgan fingerprint density at radius 2 is 1.80 bits per heavy atom. The third-order valence-electron chi connectivity index (χ3n) is 3.42. The van der Waals surface area contributed by atoms with Crippen LogP contribution in [-0.4, -0.2) is 23.5 Å². The van der Waals surface area contributed by atoms with Gasteiger partial charge in [0.1, 0.15) is 12.4 Å². The highest BCUT2D eigenvalue weighted by atomic mass is 19.1. The Labute approximate surface area is 145 Å². The molecule has 0 unspecified atom stereocenters. The van der Waals surface area contributed by atoms with Gasteiger partial charge in [-0.15, -0.1) is 0 Å². The standard InChI is InChI=1S/C17H22FNO6/c1-2-3-4-5-10-24-16(20)8-9-17(21)25-12-13-11-14(19(22)23)6-7-15(13)18/h6-7,11H,2-5,8-10,12H2,1H3. The fourth-order valence-corrected chi connectivity index (χ4v) is 2.01. The van der Waals surface area contributed by atoms with Gasteiger partial charge in [-0.05, 0) is 12.5 Å². The maximum Gasteiger partial charge on any atom is 0.306 e. The zero-order valence-corrected chi connectivity index (χ0v) is 14.2. The number of ether oxygens (including phenoxy) is 2. The Balaban J connectivity index is 2.30. The average Bonchev–Trinajstić information content (AvgIpc) is 2.58. The van der Waals surface area contributed by atoms with Crippen molar-refractivity contribution in [1.29, 1.82) is 0 Å². The number of hydrogen-bond donors (Lipinski definition) is 0. The van der Waals surface area contributed by atoms with Crippen molar-refractivity contribution in [1.82, 2.24) is 0 Å². The number of unbranched alkanes of at least 4 members (excludes halogenated alkanes) is 3. The molecule has 0 aliphatic heterocycles. The first-order valence-corrected chi connectivity index (χ1v) is 8.18. The van der Waals surface area contributed by atoms with Crippen LogP contribution in [0.3, 0.4) is 0 Å². The highest BCUT2D eigenvalue weighted by Crippen LogP contribution is 2.17. The molecule has 0 atom stereocenters. The first-order valence-electron chi connectivity index (χ1n) is 8.18. The molecule has 1 rings (SSSR count). The molecule has 8 heteroatoms. The fourth-order valence-electron chi connectivity index (χ4n) is 2.01. The van der Waals surface area contributed by atoms with Crippen molar-refractivity contribution in [3.8, 4) is 0 Å². The number of rotatable bonds is 11. The zero-order valence-electron chi connectivity index (χ0n) is 14.2. The van der Waals surface area contributed by atoms with E-state index in [1.807, 2.05) is 0 Å². The molecule has 1 aromatic carbocycles. The molecule has 0 fully saturated rings. The lowest BCUT2D eigenvalue weighted by molar-refractivity contribution is -0.385. The topological polar surface area (TPSA) is 95.7 Å². The SMILES string of the molecule is CCCCCCOC(=O)CCC(=O)OCc1cc([N+](=O)[O-])ccc1F. The largest absolute Gasteiger partial charge is 0.466 e. The van der Waals surface area contributed by atoms with E-state index < -0.39 is 29.3 Å². The molecular weight excluding hydrogens is 333 g/mol. The number of nitro benzene ring substituents is 1. The molecular formula is C17H22FNO6. The summed E-state index contributed by atoms with van der Waals surface area (Å²) in [7, 11) is 0. The summed E-state index contributed by atoms with van der Waals surface area (Å²) in [6.07, 6.45) is 3.63. The molecule has 0 bridgehead atoms. The normalized spacial score (nSPS) is 10.3. The zero-order chi connectivity index (χ0) is 18.7. The number of non-ortho nitro benzene ring substituents is 1. The van der Waals surface area contributed by atoms with Crippen LogP contribution in [0.25, 0.3) is 0 Å². The second-order valence-corrected chi connectivity index (χ2v) is 5.47. The van der Waals surface area contributed by atoms with Gasteiger partial charge in [0.15, 0.2) is 0 Å². The highest BCUT2D eigenvalue weighted by molar-refractivity contribution is 5.77. The third kappa shape index (κ3) is 8.23. The summed E-state index contributed by atoms with van der Waals surface area (Å²) in [5.74, 6) is -1.89. The lowest BCUT2D eigenvalue weighted by Gasteiger charge is -2.07. The van der Waals surface area contributed by atoms with Gasteiger partial charge in [0.05, 0.1) is 24.4 Å². The summed E-state index contributed by atoms with van der Waals surface area (Å²) in [6.45, 7) is 1.97. The number of esters is 2. The van der Waals surface area contributed by atoms with Crippen molar-refractivity contribution in [2.75, 3.05) is 6.61 Å². The molecule has 1 aromatic rings. The Morgan fingerprint density at radius 3 is 2.44 bits per heavy atom. The van der Waals surface area contributed by atoms with E-state index >= 15 is 0 Å². The Morgan fingerprint density at radius 1 is 1.12 bits per heavy atom. The molecule has 0 aliphatic carbocycles. The maximum atomic E-state index is 13.5. The van der Waals surface area contributed by atoms with E-state index in [4.69, 9.17) is 9.47 Å². The molecule has 138 valence electrons. The van der Waals surface area contributed by atoms with Gasteiger partial charge in [0.2, 0.25) is 0 Å². The number of benzene rings is 1. The highest BCUT2D eigenvalue weighted by Gasteiger charge is 2.14. The number of nitrogens with zero attached hydrogens (tertiary/aromatic N) is 1. The van der Waals surface area contributed by atoms with E-state index in [-0.39, 0.29) is 24.1 Å². The molecule has 0 N–H and O–H groups in total. The Kier molecular flexibility index (Phi) is 9.13. The van der Waals surface area contributed by atoms with Crippen molar-refractivity contribution in [3.63, 3.8) is 0 Å². The van der Waals surface area contributed by atoms with Crippen molar-refractivity contribution in [2.24, 2.45) is 0 Å². The van der Waals surface area contributed by atoms with Gasteiger partial charge in [-0.25, -0.2) is 4.39 Å². The second kappa shape index (κ2) is 11.1. The molecule has 0 radical (unpaired) electrons. The maximum absolute atomic E-state index is 13.5. The molecule has 7 nitrogen and oxygen atoms in total. The van der Waals surface area contributed by atoms with Crippen LogP contribution < -0.4 is 0 Å². The van der Waals surface area contributed by atoms with Gasteiger partial charge < -0.3 is 9.47 Å². The minimum absolute atomic E-state index is 0.0962. The molecule has 0 aromatic heterocycles. The average molecular weight is 355 g/mol. The number of halogens is 1. The Bertz CT molecular complexity index is 605. The van der Waals surface area contributed by atoms with E-state index in [9.17, 15) is 24.1 Å². The fraction of sp³-hybridized carbons (Fsp3) is 0.529. The molecule has 0 saturated carbocycles. The number of nitro groups is 1. The van der Waals surface area contributed by atoms with E-state index in [0.29, 0.717) is 6.61 Å². The lowest BCUT2D eigenvalue weighted by atomic mass is 10.2. The quantitative estimate of drug-likeness (QED) is 0.260. The monoisotopic (exact) mass is 355 g/mol. The number of carbonyl (C=O) groups is 2. The van der Waals surface area contributed by atoms with Crippen molar-refractivity contribution >= 4 is 17.6 Å². The summed E-state index contributed by atoms with van der Waals surface area (Å²) in [6, 6.07) is 2.97. The molecule has 0 saturated heterocycles. The summed E-state index contributed by atoms with van der Waals surface area (Å²) >= 11 is 0. The molecule has 0 amide bonds. The third-order valence-corrected chi connectivity index (χ3v) is 3.42. The lowest BCUT2D eigenvalue weighted by Crippen LogP contribution is -2.11. The van der Waals surface area contributed by atoms with E-state index in [0.717, 1.165) is 43.9 Å². The van der Waals surface area contributed by atoms with Crippen molar-refractivity contribution < 1.29 is 28.4 Å². The van der Waals surface area contributed by atoms with Crippen molar-refractivity contribution in [2.45, 2.75) is 52.1 Å². The van der Waals surface area contributed by atoms with Gasteiger partial charge in [0, 0.05) is 17.7 Å². The van der Waals surface area contributed by atoms with Crippen LogP contribution in [0.15, 0.2) is 18.2 Å². The Hall–Kier alpha value is -2.51. The first-order chi connectivity index (χ1) is 11.9. The second-order valence-electron chi connectivity index (χ2n) is 5.47. The van der Waals surface area contributed by atoms with E-state index in [1.54, 1.807) is 0 Å². The molecule has 0 heterocycles.